The Balaban J connectivity index is 1.89. The standard InChI is InChI=1S/C16H16N2/c1-12-14(7-6-13-8-10-17-11-9-13)15-4-2-3-5-16(15)18-12/h2-5,8-11,18H,6-7H2,1H3. The van der Waals surface area contributed by atoms with Crippen molar-refractivity contribution in [3.05, 3.63) is 65.6 Å². The fourth-order valence-corrected chi connectivity index (χ4v) is 2.48. The number of para-hydroxylation sites is 1. The fraction of sp³-hybridized carbons (Fsp3) is 0.188. The highest BCUT2D eigenvalue weighted by molar-refractivity contribution is 5.84. The van der Waals surface area contributed by atoms with Crippen molar-refractivity contribution in [2.24, 2.45) is 0 Å². The second-order valence-corrected chi connectivity index (χ2v) is 4.63. The molecule has 0 fully saturated rings. The van der Waals surface area contributed by atoms with E-state index < -0.39 is 0 Å². The maximum absolute atomic E-state index is 4.05. The minimum atomic E-state index is 1.06. The van der Waals surface area contributed by atoms with E-state index in [1.807, 2.05) is 12.4 Å². The average Bonchev–Trinajstić information content (AvgIpc) is 2.73. The number of fused-ring (bicyclic) bond motifs is 1. The van der Waals surface area contributed by atoms with Crippen LogP contribution >= 0.6 is 0 Å². The van der Waals surface area contributed by atoms with Crippen molar-refractivity contribution < 1.29 is 0 Å². The topological polar surface area (TPSA) is 28.7 Å². The van der Waals surface area contributed by atoms with Crippen molar-refractivity contribution in [3.63, 3.8) is 0 Å². The Bertz CT molecular complexity index is 653. The number of rotatable bonds is 3. The molecule has 0 saturated carbocycles. The first-order valence-electron chi connectivity index (χ1n) is 6.29. The molecule has 0 unspecified atom stereocenters. The van der Waals surface area contributed by atoms with Gasteiger partial charge in [-0.1, -0.05) is 18.2 Å². The molecule has 2 heterocycles. The molecule has 2 heteroatoms. The van der Waals surface area contributed by atoms with E-state index >= 15 is 0 Å². The van der Waals surface area contributed by atoms with E-state index in [1.54, 1.807) is 0 Å². The van der Waals surface area contributed by atoms with E-state index in [2.05, 4.69) is 53.3 Å². The Morgan fingerprint density at radius 2 is 1.78 bits per heavy atom. The third-order valence-electron chi connectivity index (χ3n) is 3.44. The molecule has 18 heavy (non-hydrogen) atoms. The van der Waals surface area contributed by atoms with Gasteiger partial charge in [0.25, 0.3) is 0 Å². The molecule has 3 aromatic rings. The van der Waals surface area contributed by atoms with Gasteiger partial charge in [0.1, 0.15) is 0 Å². The molecule has 0 amide bonds. The van der Waals surface area contributed by atoms with Gasteiger partial charge >= 0.3 is 0 Å². The summed E-state index contributed by atoms with van der Waals surface area (Å²) >= 11 is 0. The number of hydrogen-bond donors (Lipinski definition) is 1. The number of aromatic nitrogens is 2. The molecule has 0 aliphatic carbocycles. The Labute approximate surface area is 107 Å². The van der Waals surface area contributed by atoms with Crippen molar-refractivity contribution in [1.29, 1.82) is 0 Å². The zero-order valence-electron chi connectivity index (χ0n) is 10.5. The lowest BCUT2D eigenvalue weighted by Gasteiger charge is -2.02. The quantitative estimate of drug-likeness (QED) is 0.738. The lowest BCUT2D eigenvalue weighted by atomic mass is 10.0. The lowest BCUT2D eigenvalue weighted by Crippen LogP contribution is -1.92. The Morgan fingerprint density at radius 1 is 1.00 bits per heavy atom. The van der Waals surface area contributed by atoms with Crippen LogP contribution in [0.1, 0.15) is 16.8 Å². The molecule has 0 aliphatic rings. The van der Waals surface area contributed by atoms with E-state index in [0.717, 1.165) is 12.8 Å². The minimum absolute atomic E-state index is 1.06. The third kappa shape index (κ3) is 2.02. The molecule has 0 spiro atoms. The monoisotopic (exact) mass is 236 g/mol. The molecule has 2 aromatic heterocycles. The lowest BCUT2D eigenvalue weighted by molar-refractivity contribution is 0.950. The predicted octanol–water partition coefficient (Wildman–Crippen LogP) is 3.66. The van der Waals surface area contributed by atoms with Gasteiger partial charge in [0.2, 0.25) is 0 Å². The summed E-state index contributed by atoms with van der Waals surface area (Å²) in [6.07, 6.45) is 5.85. The number of nitrogens with one attached hydrogen (secondary N) is 1. The van der Waals surface area contributed by atoms with Crippen LogP contribution in [-0.2, 0) is 12.8 Å². The number of H-pyrrole nitrogens is 1. The van der Waals surface area contributed by atoms with Crippen LogP contribution in [0.3, 0.4) is 0 Å². The smallest absolute Gasteiger partial charge is 0.0458 e. The van der Waals surface area contributed by atoms with Crippen molar-refractivity contribution in [2.75, 3.05) is 0 Å². The summed E-state index contributed by atoms with van der Waals surface area (Å²) in [6.45, 7) is 2.15. The molecule has 1 N–H and O–H groups in total. The van der Waals surface area contributed by atoms with E-state index in [1.165, 1.54) is 27.7 Å². The first kappa shape index (κ1) is 11.0. The van der Waals surface area contributed by atoms with Crippen LogP contribution in [0.25, 0.3) is 10.9 Å². The van der Waals surface area contributed by atoms with Gasteiger partial charge in [0.15, 0.2) is 0 Å². The second kappa shape index (κ2) is 4.65. The van der Waals surface area contributed by atoms with Gasteiger partial charge in [-0.3, -0.25) is 4.98 Å². The number of benzene rings is 1. The first-order chi connectivity index (χ1) is 8.84. The highest BCUT2D eigenvalue weighted by Crippen LogP contribution is 2.23. The van der Waals surface area contributed by atoms with Crippen LogP contribution in [0.2, 0.25) is 0 Å². The molecule has 3 rings (SSSR count). The van der Waals surface area contributed by atoms with Gasteiger partial charge in [0, 0.05) is 29.0 Å². The molecule has 0 radical (unpaired) electrons. The average molecular weight is 236 g/mol. The fourth-order valence-electron chi connectivity index (χ4n) is 2.48. The molecular weight excluding hydrogens is 220 g/mol. The summed E-state index contributed by atoms with van der Waals surface area (Å²) in [5.41, 5.74) is 5.29. The van der Waals surface area contributed by atoms with Gasteiger partial charge in [0.05, 0.1) is 0 Å². The van der Waals surface area contributed by atoms with Crippen LogP contribution in [0, 0.1) is 6.92 Å². The van der Waals surface area contributed by atoms with Gasteiger partial charge in [-0.05, 0) is 49.1 Å². The summed E-state index contributed by atoms with van der Waals surface area (Å²) < 4.78 is 0. The maximum Gasteiger partial charge on any atom is 0.0458 e. The number of aryl methyl sites for hydroxylation is 3. The molecular formula is C16H16N2. The van der Waals surface area contributed by atoms with Gasteiger partial charge in [-0.2, -0.15) is 0 Å². The van der Waals surface area contributed by atoms with E-state index in [9.17, 15) is 0 Å². The highest BCUT2D eigenvalue weighted by atomic mass is 14.7. The predicted molar refractivity (Wildman–Crippen MR) is 74.7 cm³/mol. The molecule has 90 valence electrons. The van der Waals surface area contributed by atoms with Crippen LogP contribution < -0.4 is 0 Å². The van der Waals surface area contributed by atoms with Crippen LogP contribution in [0.15, 0.2) is 48.8 Å². The summed E-state index contributed by atoms with van der Waals surface area (Å²) in [5, 5.41) is 1.35. The molecule has 1 aromatic carbocycles. The van der Waals surface area contributed by atoms with Crippen molar-refractivity contribution in [3.8, 4) is 0 Å². The van der Waals surface area contributed by atoms with Crippen LogP contribution in [-0.4, -0.2) is 9.97 Å². The first-order valence-corrected chi connectivity index (χ1v) is 6.29. The minimum Gasteiger partial charge on any atom is -0.358 e. The Kier molecular flexibility index (Phi) is 2.85. The maximum atomic E-state index is 4.05. The normalized spacial score (nSPS) is 10.9. The van der Waals surface area contributed by atoms with E-state index in [-0.39, 0.29) is 0 Å². The Hall–Kier alpha value is -2.09. The highest BCUT2D eigenvalue weighted by Gasteiger charge is 2.07. The van der Waals surface area contributed by atoms with Crippen LogP contribution in [0.4, 0.5) is 0 Å². The van der Waals surface area contributed by atoms with Crippen molar-refractivity contribution in [2.45, 2.75) is 19.8 Å². The summed E-state index contributed by atoms with van der Waals surface area (Å²) in [6, 6.07) is 12.7. The van der Waals surface area contributed by atoms with Gasteiger partial charge in [-0.25, -0.2) is 0 Å². The zero-order chi connectivity index (χ0) is 12.4. The van der Waals surface area contributed by atoms with Gasteiger partial charge < -0.3 is 4.98 Å². The molecule has 0 aliphatic heterocycles. The Morgan fingerprint density at radius 3 is 2.61 bits per heavy atom. The van der Waals surface area contributed by atoms with Crippen LogP contribution in [0.5, 0.6) is 0 Å². The molecule has 0 saturated heterocycles. The van der Waals surface area contributed by atoms with Crippen molar-refractivity contribution >= 4 is 10.9 Å². The summed E-state index contributed by atoms with van der Waals surface area (Å²) in [4.78, 5) is 7.50. The number of nitrogens with zero attached hydrogens (tertiary/aromatic N) is 1. The third-order valence-corrected chi connectivity index (χ3v) is 3.44. The molecule has 0 atom stereocenters. The zero-order valence-corrected chi connectivity index (χ0v) is 10.5. The summed E-state index contributed by atoms with van der Waals surface area (Å²) in [7, 11) is 0. The molecule has 2 nitrogen and oxygen atoms in total. The van der Waals surface area contributed by atoms with Gasteiger partial charge in [-0.15, -0.1) is 0 Å². The second-order valence-electron chi connectivity index (χ2n) is 4.63. The van der Waals surface area contributed by atoms with E-state index in [0.29, 0.717) is 0 Å². The summed E-state index contributed by atoms with van der Waals surface area (Å²) in [5.74, 6) is 0. The SMILES string of the molecule is Cc1[nH]c2ccccc2c1CCc1ccncc1. The van der Waals surface area contributed by atoms with E-state index in [4.69, 9.17) is 0 Å². The number of hydrogen-bond acceptors (Lipinski definition) is 1. The van der Waals surface area contributed by atoms with Crippen molar-refractivity contribution in [1.82, 2.24) is 9.97 Å². The molecule has 0 bridgehead atoms. The number of aromatic amines is 1. The largest absolute Gasteiger partial charge is 0.358 e. The number of pyridine rings is 1.